The second-order valence-corrected chi connectivity index (χ2v) is 12.9. The van der Waals surface area contributed by atoms with E-state index in [2.05, 4.69) is 0 Å². The van der Waals surface area contributed by atoms with Gasteiger partial charge in [-0.1, -0.05) is 77.5 Å². The molecule has 4 aromatic carbocycles. The topological polar surface area (TPSA) is 79.1 Å². The molecule has 2 heterocycles. The molecule has 1 atom stereocenters. The van der Waals surface area contributed by atoms with Crippen LogP contribution in [0.3, 0.4) is 0 Å². The number of carbonyl (C=O) groups excluding carboxylic acids is 1. The zero-order valence-corrected chi connectivity index (χ0v) is 28.6. The first-order valence-corrected chi connectivity index (χ1v) is 17.4. The molecule has 0 spiro atoms. The van der Waals surface area contributed by atoms with Crippen LogP contribution >= 0.6 is 34.7 Å². The van der Waals surface area contributed by atoms with Crippen LogP contribution in [0.2, 0.25) is 5.02 Å². The van der Waals surface area contributed by atoms with Crippen molar-refractivity contribution in [3.63, 3.8) is 0 Å². The summed E-state index contributed by atoms with van der Waals surface area (Å²) >= 11 is 9.48. The summed E-state index contributed by atoms with van der Waals surface area (Å²) in [4.78, 5) is 34.3. The molecule has 0 bridgehead atoms. The first-order chi connectivity index (χ1) is 23.3. The molecule has 5 aromatic rings. The standard InChI is InChI=1S/C37H30ClFN2O5S2/c1-4-45-36(43)31-32(24-8-6-5-7-9-24)40-37-41(33(31)25-12-16-27(47-3)17-13-25)35(42)30(48-37)20-23-18-28(38)34(29(19-23)44-2)46-21-22-10-14-26(39)15-11-22/h5-20,33H,4,21H2,1-3H3/b30-20-/t33-/m0/s1. The van der Waals surface area contributed by atoms with Crippen molar-refractivity contribution in [2.75, 3.05) is 20.0 Å². The minimum absolute atomic E-state index is 0.152. The molecule has 0 fully saturated rings. The van der Waals surface area contributed by atoms with E-state index < -0.39 is 12.0 Å². The number of benzene rings is 4. The number of esters is 1. The molecule has 0 radical (unpaired) electrons. The van der Waals surface area contributed by atoms with Crippen molar-refractivity contribution in [1.29, 1.82) is 0 Å². The molecule has 11 heteroatoms. The number of methoxy groups -OCH3 is 1. The molecule has 1 aromatic heterocycles. The lowest BCUT2D eigenvalue weighted by Crippen LogP contribution is -2.40. The molecule has 1 aliphatic rings. The van der Waals surface area contributed by atoms with Gasteiger partial charge in [0, 0.05) is 10.5 Å². The van der Waals surface area contributed by atoms with Gasteiger partial charge in [-0.15, -0.1) is 11.8 Å². The molecule has 0 N–H and O–H groups in total. The summed E-state index contributed by atoms with van der Waals surface area (Å²) in [5, 5.41) is 0.276. The minimum Gasteiger partial charge on any atom is -0.493 e. The van der Waals surface area contributed by atoms with Crippen molar-refractivity contribution >= 4 is 52.4 Å². The molecule has 1 aliphatic heterocycles. The Kier molecular flexibility index (Phi) is 10.1. The fraction of sp³-hybridized carbons (Fsp3) is 0.162. The highest BCUT2D eigenvalue weighted by Gasteiger charge is 2.35. The lowest BCUT2D eigenvalue weighted by atomic mass is 9.93. The predicted molar refractivity (Wildman–Crippen MR) is 188 cm³/mol. The average molecular weight is 701 g/mol. The lowest BCUT2D eigenvalue weighted by molar-refractivity contribution is -0.138. The Morgan fingerprint density at radius 3 is 2.46 bits per heavy atom. The number of nitrogens with zero attached hydrogens (tertiary/aromatic N) is 2. The highest BCUT2D eigenvalue weighted by molar-refractivity contribution is 7.98. The number of hydrogen-bond donors (Lipinski definition) is 0. The third kappa shape index (κ3) is 6.82. The second kappa shape index (κ2) is 14.6. The molecule has 244 valence electrons. The number of carbonyl (C=O) groups is 1. The number of fused-ring (bicyclic) bond motifs is 1. The Morgan fingerprint density at radius 2 is 1.79 bits per heavy atom. The molecule has 48 heavy (non-hydrogen) atoms. The summed E-state index contributed by atoms with van der Waals surface area (Å²) in [6, 6.07) is 25.8. The first-order valence-electron chi connectivity index (χ1n) is 15.0. The van der Waals surface area contributed by atoms with Crippen LogP contribution in [0.1, 0.15) is 35.2 Å². The van der Waals surface area contributed by atoms with Crippen molar-refractivity contribution in [2.24, 2.45) is 4.99 Å². The van der Waals surface area contributed by atoms with Crippen LogP contribution in [0.4, 0.5) is 4.39 Å². The van der Waals surface area contributed by atoms with Gasteiger partial charge in [-0.25, -0.2) is 14.2 Å². The largest absolute Gasteiger partial charge is 0.493 e. The molecule has 0 amide bonds. The summed E-state index contributed by atoms with van der Waals surface area (Å²) in [7, 11) is 1.50. The van der Waals surface area contributed by atoms with Crippen LogP contribution in [-0.2, 0) is 16.1 Å². The highest BCUT2D eigenvalue weighted by Crippen LogP contribution is 2.38. The predicted octanol–water partition coefficient (Wildman–Crippen LogP) is 7.04. The summed E-state index contributed by atoms with van der Waals surface area (Å²) in [6.45, 7) is 2.06. The van der Waals surface area contributed by atoms with Crippen molar-refractivity contribution in [2.45, 2.75) is 24.5 Å². The van der Waals surface area contributed by atoms with Gasteiger partial charge in [0.15, 0.2) is 16.3 Å². The summed E-state index contributed by atoms with van der Waals surface area (Å²) in [5.41, 5.74) is 3.26. The van der Waals surface area contributed by atoms with Crippen LogP contribution < -0.4 is 24.4 Å². The fourth-order valence-corrected chi connectivity index (χ4v) is 7.08. The number of ether oxygens (including phenoxy) is 3. The second-order valence-electron chi connectivity index (χ2n) is 10.7. The van der Waals surface area contributed by atoms with E-state index in [1.807, 2.05) is 60.9 Å². The average Bonchev–Trinajstić information content (AvgIpc) is 3.41. The number of hydrogen-bond acceptors (Lipinski definition) is 8. The Bertz CT molecular complexity index is 2180. The number of rotatable bonds is 10. The van der Waals surface area contributed by atoms with Gasteiger partial charge in [-0.3, -0.25) is 9.36 Å². The van der Waals surface area contributed by atoms with E-state index in [0.717, 1.165) is 21.6 Å². The Morgan fingerprint density at radius 1 is 1.06 bits per heavy atom. The molecule has 7 nitrogen and oxygen atoms in total. The molecule has 0 aliphatic carbocycles. The SMILES string of the molecule is CCOC(=O)C1=C(c2ccccc2)N=c2s/c(=C\c3cc(Cl)c(OCc4ccc(F)cc4)c(OC)c3)c(=O)n2[C@H]1c1ccc(SC)cc1. The van der Waals surface area contributed by atoms with Crippen molar-refractivity contribution in [3.8, 4) is 11.5 Å². The number of thiazole rings is 1. The minimum atomic E-state index is -0.783. The van der Waals surface area contributed by atoms with E-state index in [1.165, 1.54) is 30.6 Å². The Hall–Kier alpha value is -4.64. The molecular weight excluding hydrogens is 671 g/mol. The molecule has 6 rings (SSSR count). The van der Waals surface area contributed by atoms with Gasteiger partial charge >= 0.3 is 5.97 Å². The zero-order valence-electron chi connectivity index (χ0n) is 26.2. The lowest BCUT2D eigenvalue weighted by Gasteiger charge is -2.26. The number of halogens is 2. The normalized spacial score (nSPS) is 14.4. The van der Waals surface area contributed by atoms with Gasteiger partial charge in [-0.2, -0.15) is 0 Å². The quantitative estimate of drug-likeness (QED) is 0.115. The van der Waals surface area contributed by atoms with E-state index in [1.54, 1.807) is 53.6 Å². The van der Waals surface area contributed by atoms with Crippen LogP contribution in [0.5, 0.6) is 11.5 Å². The summed E-state index contributed by atoms with van der Waals surface area (Å²) in [5.74, 6) is -0.188. The molecular formula is C37H30ClFN2O5S2. The third-order valence-corrected chi connectivity index (χ3v) is 9.66. The Balaban J connectivity index is 1.49. The van der Waals surface area contributed by atoms with E-state index in [0.29, 0.717) is 32.1 Å². The van der Waals surface area contributed by atoms with Gasteiger partial charge in [0.05, 0.1) is 40.6 Å². The molecule has 0 saturated heterocycles. The van der Waals surface area contributed by atoms with Gasteiger partial charge in [0.2, 0.25) is 0 Å². The van der Waals surface area contributed by atoms with E-state index in [4.69, 9.17) is 30.8 Å². The number of aromatic nitrogens is 1. The number of thioether (sulfide) groups is 1. The van der Waals surface area contributed by atoms with Gasteiger partial charge < -0.3 is 14.2 Å². The van der Waals surface area contributed by atoms with Gasteiger partial charge in [-0.05, 0) is 72.3 Å². The maximum absolute atomic E-state index is 14.3. The molecule has 0 unspecified atom stereocenters. The van der Waals surface area contributed by atoms with Gasteiger partial charge in [0.1, 0.15) is 12.4 Å². The van der Waals surface area contributed by atoms with E-state index >= 15 is 0 Å². The van der Waals surface area contributed by atoms with E-state index in [-0.39, 0.29) is 35.2 Å². The fourth-order valence-electron chi connectivity index (χ4n) is 5.39. The van der Waals surface area contributed by atoms with Crippen LogP contribution in [0, 0.1) is 5.82 Å². The summed E-state index contributed by atoms with van der Waals surface area (Å²) in [6.07, 6.45) is 3.70. The van der Waals surface area contributed by atoms with Gasteiger partial charge in [0.25, 0.3) is 5.56 Å². The Labute approximate surface area is 289 Å². The molecule has 0 saturated carbocycles. The monoisotopic (exact) mass is 700 g/mol. The maximum atomic E-state index is 14.3. The smallest absolute Gasteiger partial charge is 0.338 e. The highest BCUT2D eigenvalue weighted by atomic mass is 35.5. The third-order valence-electron chi connectivity index (χ3n) is 7.65. The first kappa shape index (κ1) is 33.3. The van der Waals surface area contributed by atoms with Crippen molar-refractivity contribution in [3.05, 3.63) is 149 Å². The van der Waals surface area contributed by atoms with Crippen molar-refractivity contribution < 1.29 is 23.4 Å². The van der Waals surface area contributed by atoms with Crippen molar-refractivity contribution in [1.82, 2.24) is 4.57 Å². The van der Waals surface area contributed by atoms with Crippen LogP contribution in [0.15, 0.2) is 111 Å². The van der Waals surface area contributed by atoms with E-state index in [9.17, 15) is 14.0 Å². The van der Waals surface area contributed by atoms with Crippen LogP contribution in [0.25, 0.3) is 11.8 Å². The van der Waals surface area contributed by atoms with Crippen LogP contribution in [-0.4, -0.2) is 30.5 Å². The maximum Gasteiger partial charge on any atom is 0.338 e. The zero-order chi connectivity index (χ0) is 33.8. The summed E-state index contributed by atoms with van der Waals surface area (Å²) < 4.78 is 32.4.